The Morgan fingerprint density at radius 2 is 1.35 bits per heavy atom. The smallest absolute Gasteiger partial charge is 0.238 e. The molecule has 118 valence electrons. The third-order valence-corrected chi connectivity index (χ3v) is 5.68. The fourth-order valence-corrected chi connectivity index (χ4v) is 4.30. The van der Waals surface area contributed by atoms with Gasteiger partial charge in [-0.3, -0.25) is 24.1 Å². The molecular weight excluding hydrogens is 294 g/mol. The molecule has 4 unspecified atom stereocenters. The van der Waals surface area contributed by atoms with E-state index in [9.17, 15) is 19.2 Å². The van der Waals surface area contributed by atoms with Crippen LogP contribution in [0.3, 0.4) is 0 Å². The monoisotopic (exact) mass is 311 g/mol. The van der Waals surface area contributed by atoms with Gasteiger partial charge in [0.1, 0.15) is 11.6 Å². The molecule has 2 amide bonds. The average Bonchev–Trinajstić information content (AvgIpc) is 2.77. The molecule has 2 bridgehead atoms. The van der Waals surface area contributed by atoms with Crippen molar-refractivity contribution in [3.8, 4) is 0 Å². The van der Waals surface area contributed by atoms with Crippen LogP contribution in [0, 0.1) is 37.5 Å². The molecule has 4 fully saturated rings. The molecule has 1 saturated heterocycles. The maximum atomic E-state index is 12.8. The molecular formula is C18H17NO4. The van der Waals surface area contributed by atoms with Crippen LogP contribution in [0.1, 0.15) is 24.0 Å². The van der Waals surface area contributed by atoms with Crippen molar-refractivity contribution in [3.05, 3.63) is 29.3 Å². The second-order valence-electron chi connectivity index (χ2n) is 6.89. The van der Waals surface area contributed by atoms with Gasteiger partial charge in [-0.2, -0.15) is 0 Å². The standard InChI is InChI=1S/C18H17NO4/c1-8-3-4-10(5-9(8)2)19-17(22)15-11-6-13(20)12(7-14(11)21)16(15)18(19)23/h3-5,11-12,15-16H,6-7H2,1-2H3. The SMILES string of the molecule is Cc1ccc(N2C(=O)C3C4CC(=O)C(CC4=O)C3C2=O)cc1C. The first-order chi connectivity index (χ1) is 10.9. The molecule has 5 rings (SSSR count). The van der Waals surface area contributed by atoms with E-state index < -0.39 is 23.7 Å². The Balaban J connectivity index is 1.79. The summed E-state index contributed by atoms with van der Waals surface area (Å²) >= 11 is 0. The molecule has 0 radical (unpaired) electrons. The van der Waals surface area contributed by atoms with Gasteiger partial charge >= 0.3 is 0 Å². The van der Waals surface area contributed by atoms with Gasteiger partial charge in [0.2, 0.25) is 11.8 Å². The number of carbonyl (C=O) groups is 4. The minimum Gasteiger partial charge on any atom is -0.299 e. The Hall–Kier alpha value is -2.30. The zero-order chi connectivity index (χ0) is 16.5. The van der Waals surface area contributed by atoms with Crippen molar-refractivity contribution < 1.29 is 19.2 Å². The van der Waals surface area contributed by atoms with Crippen molar-refractivity contribution in [2.45, 2.75) is 26.7 Å². The number of hydrogen-bond acceptors (Lipinski definition) is 4. The van der Waals surface area contributed by atoms with Gasteiger partial charge in [0.15, 0.2) is 0 Å². The summed E-state index contributed by atoms with van der Waals surface area (Å²) in [6.45, 7) is 3.89. The Bertz CT molecular complexity index is 741. The first-order valence-electron chi connectivity index (χ1n) is 7.90. The largest absolute Gasteiger partial charge is 0.299 e. The molecule has 1 aliphatic heterocycles. The fraction of sp³-hybridized carbons (Fsp3) is 0.444. The Labute approximate surface area is 133 Å². The normalized spacial score (nSPS) is 32.7. The number of amides is 2. The maximum absolute atomic E-state index is 12.8. The number of rotatable bonds is 1. The highest BCUT2D eigenvalue weighted by molar-refractivity contribution is 6.25. The number of ketones is 2. The van der Waals surface area contributed by atoms with Gasteiger partial charge in [0.05, 0.1) is 17.5 Å². The highest BCUT2D eigenvalue weighted by Gasteiger charge is 2.63. The van der Waals surface area contributed by atoms with E-state index in [0.29, 0.717) is 5.69 Å². The van der Waals surface area contributed by atoms with Gasteiger partial charge in [-0.15, -0.1) is 0 Å². The van der Waals surface area contributed by atoms with Crippen LogP contribution < -0.4 is 4.90 Å². The molecule has 1 aromatic rings. The third kappa shape index (κ3) is 1.79. The van der Waals surface area contributed by atoms with E-state index in [-0.39, 0.29) is 36.2 Å². The molecule has 5 heteroatoms. The Kier molecular flexibility index (Phi) is 2.86. The molecule has 3 saturated carbocycles. The number of benzene rings is 1. The van der Waals surface area contributed by atoms with Crippen LogP contribution in [0.4, 0.5) is 5.69 Å². The first-order valence-corrected chi connectivity index (χ1v) is 7.90. The lowest BCUT2D eigenvalue weighted by Crippen LogP contribution is -2.51. The lowest BCUT2D eigenvalue weighted by molar-refractivity contribution is -0.153. The van der Waals surface area contributed by atoms with Gasteiger partial charge in [-0.05, 0) is 37.1 Å². The predicted octanol–water partition coefficient (Wildman–Crippen LogP) is 1.59. The van der Waals surface area contributed by atoms with Crippen molar-refractivity contribution in [2.24, 2.45) is 23.7 Å². The van der Waals surface area contributed by atoms with Crippen molar-refractivity contribution in [1.29, 1.82) is 0 Å². The highest BCUT2D eigenvalue weighted by atomic mass is 16.2. The summed E-state index contributed by atoms with van der Waals surface area (Å²) in [5.74, 6) is -3.23. The van der Waals surface area contributed by atoms with Crippen LogP contribution in [-0.4, -0.2) is 23.4 Å². The summed E-state index contributed by atoms with van der Waals surface area (Å²) in [4.78, 5) is 51.1. The van der Waals surface area contributed by atoms with Gasteiger partial charge in [0, 0.05) is 24.7 Å². The van der Waals surface area contributed by atoms with E-state index >= 15 is 0 Å². The summed E-state index contributed by atoms with van der Waals surface area (Å²) in [6.07, 6.45) is 0.231. The van der Waals surface area contributed by atoms with Gasteiger partial charge in [-0.1, -0.05) is 6.07 Å². The third-order valence-electron chi connectivity index (χ3n) is 5.68. The minimum absolute atomic E-state index is 0.0427. The number of imide groups is 1. The van der Waals surface area contributed by atoms with Gasteiger partial charge < -0.3 is 0 Å². The molecule has 4 aliphatic rings. The summed E-state index contributed by atoms with van der Waals surface area (Å²) in [5.41, 5.74) is 2.61. The number of Topliss-reactive ketones (excluding diaryl/α,β-unsaturated/α-hetero) is 2. The summed E-state index contributed by atoms with van der Waals surface area (Å²) in [7, 11) is 0. The van der Waals surface area contributed by atoms with Crippen LogP contribution >= 0.6 is 0 Å². The van der Waals surface area contributed by atoms with Crippen molar-refractivity contribution >= 4 is 29.1 Å². The molecule has 5 nitrogen and oxygen atoms in total. The van der Waals surface area contributed by atoms with Crippen LogP contribution in [-0.2, 0) is 19.2 Å². The number of aryl methyl sites for hydroxylation is 2. The number of carbonyl (C=O) groups excluding carboxylic acids is 4. The Morgan fingerprint density at radius 3 is 1.83 bits per heavy atom. The minimum atomic E-state index is -0.645. The second kappa shape index (κ2) is 4.60. The van der Waals surface area contributed by atoms with E-state index in [1.54, 1.807) is 6.07 Å². The molecule has 0 N–H and O–H groups in total. The number of nitrogens with zero attached hydrogens (tertiary/aromatic N) is 1. The zero-order valence-corrected chi connectivity index (χ0v) is 13.0. The molecule has 4 atom stereocenters. The molecule has 0 aromatic heterocycles. The van der Waals surface area contributed by atoms with E-state index in [4.69, 9.17) is 0 Å². The van der Waals surface area contributed by atoms with E-state index in [1.165, 1.54) is 4.90 Å². The lowest BCUT2D eigenvalue weighted by atomic mass is 9.58. The van der Waals surface area contributed by atoms with E-state index in [0.717, 1.165) is 11.1 Å². The van der Waals surface area contributed by atoms with Crippen LogP contribution in [0.15, 0.2) is 18.2 Å². The van der Waals surface area contributed by atoms with Crippen LogP contribution in [0.25, 0.3) is 0 Å². The quantitative estimate of drug-likeness (QED) is 0.738. The first kappa shape index (κ1) is 14.3. The fourth-order valence-electron chi connectivity index (χ4n) is 4.30. The number of hydrogen-bond donors (Lipinski definition) is 0. The van der Waals surface area contributed by atoms with Crippen LogP contribution in [0.5, 0.6) is 0 Å². The van der Waals surface area contributed by atoms with E-state index in [1.807, 2.05) is 26.0 Å². The van der Waals surface area contributed by atoms with Gasteiger partial charge in [-0.25, -0.2) is 0 Å². The number of fused-ring (bicyclic) bond motifs is 2. The zero-order valence-electron chi connectivity index (χ0n) is 13.0. The summed E-state index contributed by atoms with van der Waals surface area (Å²) < 4.78 is 0. The van der Waals surface area contributed by atoms with Crippen LogP contribution in [0.2, 0.25) is 0 Å². The highest BCUT2D eigenvalue weighted by Crippen LogP contribution is 2.50. The molecule has 1 aromatic carbocycles. The lowest BCUT2D eigenvalue weighted by Gasteiger charge is -2.40. The topological polar surface area (TPSA) is 71.5 Å². The van der Waals surface area contributed by atoms with Gasteiger partial charge in [0.25, 0.3) is 0 Å². The molecule has 0 spiro atoms. The Morgan fingerprint density at radius 1 is 0.826 bits per heavy atom. The van der Waals surface area contributed by atoms with Crippen molar-refractivity contribution in [1.82, 2.24) is 0 Å². The molecule has 1 heterocycles. The van der Waals surface area contributed by atoms with Crippen molar-refractivity contribution in [2.75, 3.05) is 4.90 Å². The maximum Gasteiger partial charge on any atom is 0.238 e. The van der Waals surface area contributed by atoms with E-state index in [2.05, 4.69) is 0 Å². The summed E-state index contributed by atoms with van der Waals surface area (Å²) in [5, 5.41) is 0. The average molecular weight is 311 g/mol. The predicted molar refractivity (Wildman–Crippen MR) is 81.6 cm³/mol. The summed E-state index contributed by atoms with van der Waals surface area (Å²) in [6, 6.07) is 5.44. The second-order valence-corrected chi connectivity index (χ2v) is 6.89. The van der Waals surface area contributed by atoms with Crippen molar-refractivity contribution in [3.63, 3.8) is 0 Å². The molecule has 23 heavy (non-hydrogen) atoms. The molecule has 3 aliphatic carbocycles. The number of anilines is 1.